The average Bonchev–Trinajstić information content (AvgIpc) is 2.65. The van der Waals surface area contributed by atoms with E-state index < -0.39 is 0 Å². The fourth-order valence-corrected chi connectivity index (χ4v) is 2.94. The second kappa shape index (κ2) is 4.62. The Balaban J connectivity index is 2.56. The predicted octanol–water partition coefficient (Wildman–Crippen LogP) is 2.95. The van der Waals surface area contributed by atoms with Gasteiger partial charge in [0.2, 0.25) is 0 Å². The number of hydrogen-bond acceptors (Lipinski definition) is 3. The molecule has 0 aliphatic rings. The zero-order chi connectivity index (χ0) is 11.7. The number of ether oxygens (including phenoxy) is 1. The summed E-state index contributed by atoms with van der Waals surface area (Å²) in [4.78, 5) is 0. The Bertz CT molecular complexity index is 528. The van der Waals surface area contributed by atoms with Crippen LogP contribution in [0.1, 0.15) is 0 Å². The van der Waals surface area contributed by atoms with Gasteiger partial charge in [0.1, 0.15) is 5.75 Å². The van der Waals surface area contributed by atoms with Crippen LogP contribution in [0, 0.1) is 3.57 Å². The van der Waals surface area contributed by atoms with Crippen LogP contribution in [0.2, 0.25) is 0 Å². The van der Waals surface area contributed by atoms with Gasteiger partial charge in [-0.3, -0.25) is 0 Å². The summed E-state index contributed by atoms with van der Waals surface area (Å²) in [6, 6.07) is 3.80. The lowest BCUT2D eigenvalue weighted by atomic mass is 10.3. The predicted molar refractivity (Wildman–Crippen MR) is 72.2 cm³/mol. The SMILES string of the molecule is COc1cc(-n2cc(O)cn2)c(I)cc1Br. The first-order chi connectivity index (χ1) is 7.61. The van der Waals surface area contributed by atoms with Gasteiger partial charge in [0, 0.05) is 9.64 Å². The zero-order valence-electron chi connectivity index (χ0n) is 8.32. The van der Waals surface area contributed by atoms with E-state index in [-0.39, 0.29) is 5.75 Å². The van der Waals surface area contributed by atoms with E-state index in [1.165, 1.54) is 6.20 Å². The summed E-state index contributed by atoms with van der Waals surface area (Å²) in [5, 5.41) is 13.3. The van der Waals surface area contributed by atoms with Gasteiger partial charge in [0.15, 0.2) is 5.75 Å². The van der Waals surface area contributed by atoms with Crippen LogP contribution in [0.5, 0.6) is 11.5 Å². The highest BCUT2D eigenvalue weighted by Gasteiger charge is 2.09. The molecule has 0 aliphatic heterocycles. The van der Waals surface area contributed by atoms with Crippen molar-refractivity contribution < 1.29 is 9.84 Å². The first kappa shape index (κ1) is 11.7. The number of aromatic nitrogens is 2. The molecule has 4 nitrogen and oxygen atoms in total. The first-order valence-corrected chi connectivity index (χ1v) is 6.26. The second-order valence-corrected chi connectivity index (χ2v) is 5.10. The van der Waals surface area contributed by atoms with Crippen LogP contribution in [0.15, 0.2) is 29.0 Å². The summed E-state index contributed by atoms with van der Waals surface area (Å²) in [5.74, 6) is 0.864. The topological polar surface area (TPSA) is 47.3 Å². The van der Waals surface area contributed by atoms with Crippen molar-refractivity contribution in [3.63, 3.8) is 0 Å². The Labute approximate surface area is 114 Å². The molecule has 2 aromatic rings. The maximum atomic E-state index is 9.26. The molecule has 0 fully saturated rings. The van der Waals surface area contributed by atoms with Gasteiger partial charge in [-0.15, -0.1) is 0 Å². The second-order valence-electron chi connectivity index (χ2n) is 3.08. The summed E-state index contributed by atoms with van der Waals surface area (Å²) < 4.78 is 8.71. The average molecular weight is 395 g/mol. The Hall–Kier alpha value is -0.760. The number of methoxy groups -OCH3 is 1. The molecule has 0 spiro atoms. The van der Waals surface area contributed by atoms with Crippen molar-refractivity contribution >= 4 is 38.5 Å². The Morgan fingerprint density at radius 3 is 2.81 bits per heavy atom. The van der Waals surface area contributed by atoms with Gasteiger partial charge in [-0.2, -0.15) is 5.10 Å². The number of aromatic hydroxyl groups is 1. The molecule has 0 aliphatic carbocycles. The summed E-state index contributed by atoms with van der Waals surface area (Å²) in [6.07, 6.45) is 2.94. The van der Waals surface area contributed by atoms with Crippen LogP contribution in [0.4, 0.5) is 0 Å². The molecule has 6 heteroatoms. The Kier molecular flexibility index (Phi) is 3.38. The van der Waals surface area contributed by atoms with Crippen LogP contribution in [-0.2, 0) is 0 Å². The highest BCUT2D eigenvalue weighted by atomic mass is 127. The van der Waals surface area contributed by atoms with Gasteiger partial charge in [0.25, 0.3) is 0 Å². The minimum Gasteiger partial charge on any atom is -0.505 e. The van der Waals surface area contributed by atoms with Gasteiger partial charge in [0.05, 0.1) is 29.7 Å². The number of hydrogen-bond donors (Lipinski definition) is 1. The minimum atomic E-state index is 0.137. The molecule has 84 valence electrons. The standard InChI is InChI=1S/C10H8BrIN2O2/c1-16-10-3-9(8(12)2-7(10)11)14-5-6(15)4-13-14/h2-5,15H,1H3. The molecule has 2 rings (SSSR count). The molecule has 0 radical (unpaired) electrons. The summed E-state index contributed by atoms with van der Waals surface area (Å²) in [5.41, 5.74) is 0.862. The number of benzene rings is 1. The molecule has 0 saturated heterocycles. The maximum absolute atomic E-state index is 9.26. The van der Waals surface area contributed by atoms with Gasteiger partial charge in [-0.1, -0.05) is 0 Å². The molecule has 16 heavy (non-hydrogen) atoms. The van der Waals surface area contributed by atoms with E-state index >= 15 is 0 Å². The minimum absolute atomic E-state index is 0.137. The molecule has 1 aromatic heterocycles. The smallest absolute Gasteiger partial charge is 0.153 e. The molecule has 0 amide bonds. The zero-order valence-corrected chi connectivity index (χ0v) is 12.1. The van der Waals surface area contributed by atoms with Gasteiger partial charge >= 0.3 is 0 Å². The van der Waals surface area contributed by atoms with E-state index in [0.717, 1.165) is 19.5 Å². The van der Waals surface area contributed by atoms with Crippen molar-refractivity contribution in [3.8, 4) is 17.2 Å². The van der Waals surface area contributed by atoms with Crippen LogP contribution >= 0.6 is 38.5 Å². The van der Waals surface area contributed by atoms with Crippen molar-refractivity contribution in [3.05, 3.63) is 32.6 Å². The Morgan fingerprint density at radius 2 is 2.25 bits per heavy atom. The molecule has 0 saturated carbocycles. The van der Waals surface area contributed by atoms with Gasteiger partial charge in [-0.05, 0) is 44.6 Å². The van der Waals surface area contributed by atoms with Crippen molar-refractivity contribution in [2.24, 2.45) is 0 Å². The van der Waals surface area contributed by atoms with E-state index in [2.05, 4.69) is 43.6 Å². The molecular formula is C10H8BrIN2O2. The third-order valence-corrected chi connectivity index (χ3v) is 3.52. The summed E-state index contributed by atoms with van der Waals surface area (Å²) in [7, 11) is 1.61. The van der Waals surface area contributed by atoms with E-state index in [9.17, 15) is 5.11 Å². The summed E-state index contributed by atoms with van der Waals surface area (Å²) in [6.45, 7) is 0. The van der Waals surface area contributed by atoms with Gasteiger partial charge < -0.3 is 9.84 Å². The lowest BCUT2D eigenvalue weighted by Gasteiger charge is -2.09. The molecule has 0 unspecified atom stereocenters. The quantitative estimate of drug-likeness (QED) is 0.796. The molecular weight excluding hydrogens is 387 g/mol. The van der Waals surface area contributed by atoms with E-state index in [0.29, 0.717) is 0 Å². The fourth-order valence-electron chi connectivity index (χ4n) is 1.30. The van der Waals surface area contributed by atoms with Crippen molar-refractivity contribution in [2.75, 3.05) is 7.11 Å². The largest absolute Gasteiger partial charge is 0.505 e. The normalized spacial score (nSPS) is 10.4. The third-order valence-electron chi connectivity index (χ3n) is 2.04. The van der Waals surface area contributed by atoms with Crippen LogP contribution in [0.3, 0.4) is 0 Å². The lowest BCUT2D eigenvalue weighted by Crippen LogP contribution is -1.98. The van der Waals surface area contributed by atoms with Crippen molar-refractivity contribution in [2.45, 2.75) is 0 Å². The molecule has 0 bridgehead atoms. The summed E-state index contributed by atoms with van der Waals surface area (Å²) >= 11 is 5.61. The lowest BCUT2D eigenvalue weighted by molar-refractivity contribution is 0.411. The van der Waals surface area contributed by atoms with Crippen molar-refractivity contribution in [1.29, 1.82) is 0 Å². The van der Waals surface area contributed by atoms with E-state index in [1.807, 2.05) is 12.1 Å². The first-order valence-electron chi connectivity index (χ1n) is 4.39. The number of halogens is 2. The number of nitrogens with zero attached hydrogens (tertiary/aromatic N) is 2. The fraction of sp³-hybridized carbons (Fsp3) is 0.100. The van der Waals surface area contributed by atoms with Crippen molar-refractivity contribution in [1.82, 2.24) is 9.78 Å². The number of rotatable bonds is 2. The molecule has 1 heterocycles. The van der Waals surface area contributed by atoms with E-state index in [1.54, 1.807) is 18.0 Å². The monoisotopic (exact) mass is 394 g/mol. The molecule has 0 atom stereocenters. The highest BCUT2D eigenvalue weighted by Crippen LogP contribution is 2.31. The Morgan fingerprint density at radius 1 is 1.50 bits per heavy atom. The van der Waals surface area contributed by atoms with Crippen LogP contribution < -0.4 is 4.74 Å². The molecule has 1 aromatic carbocycles. The molecule has 1 N–H and O–H groups in total. The highest BCUT2D eigenvalue weighted by molar-refractivity contribution is 14.1. The van der Waals surface area contributed by atoms with Crippen LogP contribution in [-0.4, -0.2) is 22.0 Å². The van der Waals surface area contributed by atoms with E-state index in [4.69, 9.17) is 4.74 Å². The third kappa shape index (κ3) is 2.17. The maximum Gasteiger partial charge on any atom is 0.153 e. The van der Waals surface area contributed by atoms with Gasteiger partial charge in [-0.25, -0.2) is 4.68 Å². The van der Waals surface area contributed by atoms with Crippen LogP contribution in [0.25, 0.3) is 5.69 Å².